The number of methoxy groups -OCH3 is 1. The molecule has 1 rings (SSSR count). The van der Waals surface area contributed by atoms with E-state index in [2.05, 4.69) is 15.3 Å². The Morgan fingerprint density at radius 1 is 1.70 bits per heavy atom. The van der Waals surface area contributed by atoms with Gasteiger partial charge in [-0.05, 0) is 6.92 Å². The van der Waals surface area contributed by atoms with E-state index in [4.69, 9.17) is 16.3 Å². The number of halogens is 1. The lowest BCUT2D eigenvalue weighted by Gasteiger charge is -2.13. The van der Waals surface area contributed by atoms with Crippen molar-refractivity contribution in [3.8, 4) is 0 Å². The van der Waals surface area contributed by atoms with Gasteiger partial charge in [-0.25, -0.2) is 0 Å². The third-order valence-electron chi connectivity index (χ3n) is 0.998. The van der Waals surface area contributed by atoms with Gasteiger partial charge >= 0.3 is 6.02 Å². The Kier molecular flexibility index (Phi) is 2.11. The second kappa shape index (κ2) is 2.88. The molecule has 1 aliphatic heterocycles. The summed E-state index contributed by atoms with van der Waals surface area (Å²) in [5.41, 5.74) is -0.451. The normalized spacial score (nSPS) is 24.5. The Hall–Kier alpha value is -0.770. The largest absolute Gasteiger partial charge is 0.467 e. The maximum Gasteiger partial charge on any atom is 0.316 e. The van der Waals surface area contributed by atoms with E-state index in [1.54, 1.807) is 6.92 Å². The van der Waals surface area contributed by atoms with Crippen LogP contribution in [0.2, 0.25) is 0 Å². The molecule has 1 aliphatic rings. The average molecular weight is 162 g/mol. The van der Waals surface area contributed by atoms with E-state index in [0.717, 1.165) is 0 Å². The van der Waals surface area contributed by atoms with Crippen LogP contribution in [0.1, 0.15) is 6.92 Å². The van der Waals surface area contributed by atoms with Crippen molar-refractivity contribution in [3.05, 3.63) is 0 Å². The standard InChI is InChI=1S/C5H8ClN3O/c1-3-7-4(6)9-5(8-3)10-2/h4H,1-2H3,(H,7,8,9). The summed E-state index contributed by atoms with van der Waals surface area (Å²) in [5.74, 6) is 0.715. The van der Waals surface area contributed by atoms with Gasteiger partial charge in [-0.1, -0.05) is 11.6 Å². The van der Waals surface area contributed by atoms with E-state index in [1.807, 2.05) is 0 Å². The summed E-state index contributed by atoms with van der Waals surface area (Å²) in [6.45, 7) is 1.79. The molecule has 0 bridgehead atoms. The minimum Gasteiger partial charge on any atom is -0.467 e. The van der Waals surface area contributed by atoms with Crippen molar-refractivity contribution in [3.63, 3.8) is 0 Å². The molecule has 0 saturated carbocycles. The molecule has 1 atom stereocenters. The maximum atomic E-state index is 5.63. The SMILES string of the molecule is COC1=NC(Cl)NC(C)=N1. The lowest BCUT2D eigenvalue weighted by Crippen LogP contribution is -2.32. The van der Waals surface area contributed by atoms with Gasteiger partial charge in [-0.15, -0.1) is 0 Å². The number of hydrogen-bond donors (Lipinski definition) is 1. The van der Waals surface area contributed by atoms with Crippen molar-refractivity contribution >= 4 is 23.5 Å². The Morgan fingerprint density at radius 3 is 2.90 bits per heavy atom. The van der Waals surface area contributed by atoms with Crippen LogP contribution in [0.25, 0.3) is 0 Å². The first kappa shape index (κ1) is 7.34. The summed E-state index contributed by atoms with van der Waals surface area (Å²) in [7, 11) is 1.50. The second-order valence-corrected chi connectivity index (χ2v) is 2.21. The predicted molar refractivity (Wildman–Crippen MR) is 40.3 cm³/mol. The van der Waals surface area contributed by atoms with Crippen LogP contribution in [0.4, 0.5) is 0 Å². The maximum absolute atomic E-state index is 5.63. The number of alkyl halides is 1. The van der Waals surface area contributed by atoms with Crippen LogP contribution in [0.3, 0.4) is 0 Å². The zero-order valence-corrected chi connectivity index (χ0v) is 6.51. The highest BCUT2D eigenvalue weighted by Crippen LogP contribution is 2.00. The highest BCUT2D eigenvalue weighted by Gasteiger charge is 2.10. The molecule has 1 N–H and O–H groups in total. The molecular formula is C5H8ClN3O. The Bertz CT molecular complexity index is 189. The smallest absolute Gasteiger partial charge is 0.316 e. The molecular weight excluding hydrogens is 154 g/mol. The number of nitrogens with zero attached hydrogens (tertiary/aromatic N) is 2. The van der Waals surface area contributed by atoms with E-state index in [-0.39, 0.29) is 0 Å². The van der Waals surface area contributed by atoms with Crippen molar-refractivity contribution in [2.45, 2.75) is 12.5 Å². The number of nitrogens with one attached hydrogen (secondary N) is 1. The van der Waals surface area contributed by atoms with Gasteiger partial charge in [0.25, 0.3) is 0 Å². The summed E-state index contributed by atoms with van der Waals surface area (Å²) in [6, 6.07) is 0.316. The molecule has 0 aromatic heterocycles. The van der Waals surface area contributed by atoms with Crippen molar-refractivity contribution in [2.24, 2.45) is 9.98 Å². The molecule has 4 nitrogen and oxygen atoms in total. The fourth-order valence-electron chi connectivity index (χ4n) is 0.605. The number of rotatable bonds is 0. The number of ether oxygens (including phenoxy) is 1. The molecule has 0 aromatic carbocycles. The third-order valence-corrected chi connectivity index (χ3v) is 1.20. The van der Waals surface area contributed by atoms with Gasteiger partial charge in [0.2, 0.25) is 5.62 Å². The molecule has 5 heteroatoms. The van der Waals surface area contributed by atoms with Gasteiger partial charge < -0.3 is 10.1 Å². The van der Waals surface area contributed by atoms with E-state index in [0.29, 0.717) is 11.9 Å². The van der Waals surface area contributed by atoms with Gasteiger partial charge in [0, 0.05) is 0 Å². The van der Waals surface area contributed by atoms with Crippen molar-refractivity contribution in [1.82, 2.24) is 5.32 Å². The molecule has 0 aromatic rings. The number of amidine groups is 2. The summed E-state index contributed by atoms with van der Waals surface area (Å²) in [4.78, 5) is 7.71. The fraction of sp³-hybridized carbons (Fsp3) is 0.600. The van der Waals surface area contributed by atoms with Crippen LogP contribution in [-0.2, 0) is 4.74 Å². The Labute approximate surface area is 64.0 Å². The lowest BCUT2D eigenvalue weighted by molar-refractivity contribution is 0.391. The monoisotopic (exact) mass is 161 g/mol. The summed E-state index contributed by atoms with van der Waals surface area (Å²) >= 11 is 5.63. The van der Waals surface area contributed by atoms with Crippen LogP contribution in [0, 0.1) is 0 Å². The molecule has 0 spiro atoms. The minimum atomic E-state index is -0.451. The minimum absolute atomic E-state index is 0.316. The van der Waals surface area contributed by atoms with E-state index in [9.17, 15) is 0 Å². The van der Waals surface area contributed by atoms with Gasteiger partial charge in [0.1, 0.15) is 5.84 Å². The van der Waals surface area contributed by atoms with Crippen molar-refractivity contribution < 1.29 is 4.74 Å². The molecule has 0 aliphatic carbocycles. The van der Waals surface area contributed by atoms with Crippen LogP contribution in [0.5, 0.6) is 0 Å². The summed E-state index contributed by atoms with van der Waals surface area (Å²) in [5, 5.41) is 2.79. The van der Waals surface area contributed by atoms with Gasteiger partial charge in [0.05, 0.1) is 7.11 Å². The first-order valence-electron chi connectivity index (χ1n) is 2.80. The first-order valence-corrected chi connectivity index (χ1v) is 3.23. The van der Waals surface area contributed by atoms with Gasteiger partial charge in [0.15, 0.2) is 0 Å². The quantitative estimate of drug-likeness (QED) is 0.416. The molecule has 0 fully saturated rings. The third kappa shape index (κ3) is 1.60. The molecule has 0 saturated heterocycles. The Morgan fingerprint density at radius 2 is 2.40 bits per heavy atom. The fourth-order valence-corrected chi connectivity index (χ4v) is 0.846. The Balaban J connectivity index is 2.72. The molecule has 1 unspecified atom stereocenters. The van der Waals surface area contributed by atoms with Crippen LogP contribution in [0.15, 0.2) is 9.98 Å². The van der Waals surface area contributed by atoms with E-state index < -0.39 is 5.62 Å². The van der Waals surface area contributed by atoms with Crippen LogP contribution in [-0.4, -0.2) is 24.6 Å². The molecule has 56 valence electrons. The zero-order valence-electron chi connectivity index (χ0n) is 5.76. The number of hydrogen-bond acceptors (Lipinski definition) is 4. The molecule has 1 heterocycles. The predicted octanol–water partition coefficient (Wildman–Crippen LogP) is 0.533. The lowest BCUT2D eigenvalue weighted by atomic mass is 10.6. The van der Waals surface area contributed by atoms with Crippen LogP contribution < -0.4 is 5.32 Å². The molecule has 0 amide bonds. The summed E-state index contributed by atoms with van der Waals surface area (Å²) < 4.78 is 4.77. The zero-order chi connectivity index (χ0) is 7.56. The average Bonchev–Trinajstić information content (AvgIpc) is 1.85. The van der Waals surface area contributed by atoms with E-state index in [1.165, 1.54) is 7.11 Å². The molecule has 10 heavy (non-hydrogen) atoms. The van der Waals surface area contributed by atoms with Gasteiger partial charge in [-0.3, -0.25) is 0 Å². The van der Waals surface area contributed by atoms with Gasteiger partial charge in [-0.2, -0.15) is 9.98 Å². The second-order valence-electron chi connectivity index (χ2n) is 1.79. The summed E-state index contributed by atoms with van der Waals surface area (Å²) in [6.07, 6.45) is 0. The highest BCUT2D eigenvalue weighted by molar-refractivity contribution is 6.22. The first-order chi connectivity index (χ1) is 4.72. The molecule has 0 radical (unpaired) electrons. The van der Waals surface area contributed by atoms with Crippen molar-refractivity contribution in [1.29, 1.82) is 0 Å². The van der Waals surface area contributed by atoms with Crippen LogP contribution >= 0.6 is 11.6 Å². The van der Waals surface area contributed by atoms with E-state index >= 15 is 0 Å². The van der Waals surface area contributed by atoms with Crippen molar-refractivity contribution in [2.75, 3.05) is 7.11 Å². The number of aliphatic imine (C=N–C) groups is 2. The topological polar surface area (TPSA) is 46.0 Å². The highest BCUT2D eigenvalue weighted by atomic mass is 35.5.